The molecule has 2 heterocycles. The molecule has 2 aliphatic heterocycles. The molecule has 21 heavy (non-hydrogen) atoms. The van der Waals surface area contributed by atoms with Gasteiger partial charge in [-0.15, -0.1) is 12.4 Å². The molecule has 122 valence electrons. The fraction of sp³-hybridized carbons (Fsp3) is 0.867. The van der Waals surface area contributed by atoms with Gasteiger partial charge in [0.15, 0.2) is 0 Å². The van der Waals surface area contributed by atoms with Crippen LogP contribution in [0, 0.1) is 11.3 Å². The fourth-order valence-corrected chi connectivity index (χ4v) is 2.93. The molecule has 1 N–H and O–H groups in total. The van der Waals surface area contributed by atoms with E-state index in [0.29, 0.717) is 26.2 Å². The van der Waals surface area contributed by atoms with Crippen molar-refractivity contribution in [2.24, 2.45) is 11.3 Å². The first-order valence-electron chi connectivity index (χ1n) is 7.68. The molecule has 0 atom stereocenters. The summed E-state index contributed by atoms with van der Waals surface area (Å²) in [5.74, 6) is 0.655. The van der Waals surface area contributed by atoms with Crippen LogP contribution in [-0.2, 0) is 9.59 Å². The lowest BCUT2D eigenvalue weighted by Gasteiger charge is -2.39. The number of piperazine rings is 1. The van der Waals surface area contributed by atoms with Crippen molar-refractivity contribution < 1.29 is 9.59 Å². The molecule has 0 aromatic heterocycles. The summed E-state index contributed by atoms with van der Waals surface area (Å²) in [4.78, 5) is 28.5. The summed E-state index contributed by atoms with van der Waals surface area (Å²) in [6, 6.07) is 0. The Kier molecular flexibility index (Phi) is 6.47. The zero-order valence-electron chi connectivity index (χ0n) is 13.4. The van der Waals surface area contributed by atoms with Crippen LogP contribution in [0.5, 0.6) is 0 Å². The number of amides is 2. The minimum Gasteiger partial charge on any atom is -0.339 e. The SMILES string of the molecule is CC(C)(C)C(=O)N1CCN(C(=O)C2CCNCC2)CC1.Cl. The van der Waals surface area contributed by atoms with E-state index in [4.69, 9.17) is 0 Å². The number of piperidine rings is 1. The van der Waals surface area contributed by atoms with Gasteiger partial charge in [0.25, 0.3) is 0 Å². The van der Waals surface area contributed by atoms with Crippen LogP contribution in [0.3, 0.4) is 0 Å². The molecular formula is C15H28ClN3O2. The summed E-state index contributed by atoms with van der Waals surface area (Å²) < 4.78 is 0. The molecule has 2 amide bonds. The average molecular weight is 318 g/mol. The molecule has 2 rings (SSSR count). The number of nitrogens with one attached hydrogen (secondary N) is 1. The van der Waals surface area contributed by atoms with Gasteiger partial charge in [0.05, 0.1) is 0 Å². The van der Waals surface area contributed by atoms with Gasteiger partial charge < -0.3 is 15.1 Å². The van der Waals surface area contributed by atoms with Crippen molar-refractivity contribution in [3.05, 3.63) is 0 Å². The van der Waals surface area contributed by atoms with Gasteiger partial charge in [0, 0.05) is 37.5 Å². The summed E-state index contributed by atoms with van der Waals surface area (Å²) in [7, 11) is 0. The third kappa shape index (κ3) is 4.58. The Morgan fingerprint density at radius 2 is 1.43 bits per heavy atom. The molecule has 0 spiro atoms. The van der Waals surface area contributed by atoms with Gasteiger partial charge in [-0.25, -0.2) is 0 Å². The molecule has 0 saturated carbocycles. The molecule has 5 nitrogen and oxygen atoms in total. The van der Waals surface area contributed by atoms with Crippen LogP contribution in [0.25, 0.3) is 0 Å². The molecule has 0 aromatic rings. The van der Waals surface area contributed by atoms with E-state index in [2.05, 4.69) is 5.32 Å². The minimum atomic E-state index is -0.332. The first-order valence-corrected chi connectivity index (χ1v) is 7.68. The van der Waals surface area contributed by atoms with Gasteiger partial charge in [-0.2, -0.15) is 0 Å². The molecular weight excluding hydrogens is 290 g/mol. The van der Waals surface area contributed by atoms with Crippen molar-refractivity contribution in [3.8, 4) is 0 Å². The first kappa shape index (κ1) is 18.2. The number of halogens is 1. The highest BCUT2D eigenvalue weighted by Crippen LogP contribution is 2.20. The van der Waals surface area contributed by atoms with Gasteiger partial charge in [0.2, 0.25) is 11.8 Å². The monoisotopic (exact) mass is 317 g/mol. The topological polar surface area (TPSA) is 52.7 Å². The summed E-state index contributed by atoms with van der Waals surface area (Å²) >= 11 is 0. The van der Waals surface area contributed by atoms with Crippen molar-refractivity contribution in [1.29, 1.82) is 0 Å². The van der Waals surface area contributed by atoms with Crippen LogP contribution in [-0.4, -0.2) is 60.9 Å². The van der Waals surface area contributed by atoms with Crippen LogP contribution in [0.2, 0.25) is 0 Å². The number of carbonyl (C=O) groups is 2. The summed E-state index contributed by atoms with van der Waals surface area (Å²) in [5, 5.41) is 3.29. The van der Waals surface area contributed by atoms with E-state index in [-0.39, 0.29) is 35.6 Å². The van der Waals surface area contributed by atoms with Crippen molar-refractivity contribution >= 4 is 24.2 Å². The predicted molar refractivity (Wildman–Crippen MR) is 85.5 cm³/mol. The molecule has 0 radical (unpaired) electrons. The molecule has 0 bridgehead atoms. The van der Waals surface area contributed by atoms with Crippen LogP contribution in [0.15, 0.2) is 0 Å². The van der Waals surface area contributed by atoms with Crippen LogP contribution >= 0.6 is 12.4 Å². The maximum Gasteiger partial charge on any atom is 0.228 e. The lowest BCUT2D eigenvalue weighted by molar-refractivity contribution is -0.146. The van der Waals surface area contributed by atoms with Gasteiger partial charge in [-0.05, 0) is 25.9 Å². The van der Waals surface area contributed by atoms with E-state index in [0.717, 1.165) is 25.9 Å². The Labute approximate surface area is 133 Å². The lowest BCUT2D eigenvalue weighted by atomic mass is 9.94. The smallest absolute Gasteiger partial charge is 0.228 e. The normalized spacial score (nSPS) is 20.9. The van der Waals surface area contributed by atoms with E-state index in [1.165, 1.54) is 0 Å². The number of nitrogens with zero attached hydrogens (tertiary/aromatic N) is 2. The second-order valence-corrected chi connectivity index (χ2v) is 6.89. The van der Waals surface area contributed by atoms with Crippen molar-refractivity contribution in [2.75, 3.05) is 39.3 Å². The summed E-state index contributed by atoms with van der Waals surface area (Å²) in [6.45, 7) is 10.4. The Hall–Kier alpha value is -0.810. The Balaban J connectivity index is 0.00000220. The maximum absolute atomic E-state index is 12.4. The van der Waals surface area contributed by atoms with E-state index in [1.54, 1.807) is 0 Å². The van der Waals surface area contributed by atoms with Gasteiger partial charge in [-0.1, -0.05) is 20.8 Å². The largest absolute Gasteiger partial charge is 0.339 e. The van der Waals surface area contributed by atoms with E-state index >= 15 is 0 Å². The number of hydrogen-bond donors (Lipinski definition) is 1. The predicted octanol–water partition coefficient (Wildman–Crippen LogP) is 1.12. The Morgan fingerprint density at radius 3 is 1.90 bits per heavy atom. The second-order valence-electron chi connectivity index (χ2n) is 6.89. The molecule has 2 aliphatic rings. The molecule has 0 unspecified atom stereocenters. The molecule has 2 saturated heterocycles. The molecule has 0 aliphatic carbocycles. The quantitative estimate of drug-likeness (QED) is 0.788. The average Bonchev–Trinajstić information content (AvgIpc) is 2.46. The van der Waals surface area contributed by atoms with Crippen LogP contribution in [0.1, 0.15) is 33.6 Å². The minimum absolute atomic E-state index is 0. The molecule has 0 aromatic carbocycles. The van der Waals surface area contributed by atoms with E-state index in [9.17, 15) is 9.59 Å². The number of hydrogen-bond acceptors (Lipinski definition) is 3. The van der Waals surface area contributed by atoms with E-state index in [1.807, 2.05) is 30.6 Å². The Morgan fingerprint density at radius 1 is 0.952 bits per heavy atom. The highest BCUT2D eigenvalue weighted by molar-refractivity contribution is 5.85. The highest BCUT2D eigenvalue weighted by atomic mass is 35.5. The number of rotatable bonds is 1. The standard InChI is InChI=1S/C15H27N3O2.ClH/c1-15(2,3)14(20)18-10-8-17(9-11-18)13(19)12-4-6-16-7-5-12;/h12,16H,4-11H2,1-3H3;1H. The zero-order valence-corrected chi connectivity index (χ0v) is 14.2. The van der Waals surface area contributed by atoms with Gasteiger partial charge in [0.1, 0.15) is 0 Å². The second kappa shape index (κ2) is 7.45. The summed E-state index contributed by atoms with van der Waals surface area (Å²) in [6.07, 6.45) is 1.89. The highest BCUT2D eigenvalue weighted by Gasteiger charge is 2.32. The third-order valence-corrected chi connectivity index (χ3v) is 4.21. The van der Waals surface area contributed by atoms with Crippen LogP contribution < -0.4 is 5.32 Å². The maximum atomic E-state index is 12.4. The van der Waals surface area contributed by atoms with Gasteiger partial charge in [-0.3, -0.25) is 9.59 Å². The third-order valence-electron chi connectivity index (χ3n) is 4.21. The summed E-state index contributed by atoms with van der Waals surface area (Å²) in [5.41, 5.74) is -0.332. The van der Waals surface area contributed by atoms with Crippen molar-refractivity contribution in [3.63, 3.8) is 0 Å². The fourth-order valence-electron chi connectivity index (χ4n) is 2.93. The van der Waals surface area contributed by atoms with E-state index < -0.39 is 0 Å². The van der Waals surface area contributed by atoms with Crippen molar-refractivity contribution in [2.45, 2.75) is 33.6 Å². The van der Waals surface area contributed by atoms with Gasteiger partial charge >= 0.3 is 0 Å². The first-order chi connectivity index (χ1) is 9.39. The lowest BCUT2D eigenvalue weighted by Crippen LogP contribution is -2.54. The number of carbonyl (C=O) groups excluding carboxylic acids is 2. The zero-order chi connectivity index (χ0) is 14.8. The Bertz CT molecular complexity index is 368. The molecule has 2 fully saturated rings. The molecule has 6 heteroatoms. The van der Waals surface area contributed by atoms with Crippen molar-refractivity contribution in [1.82, 2.24) is 15.1 Å². The van der Waals surface area contributed by atoms with Crippen LogP contribution in [0.4, 0.5) is 0 Å².